The lowest BCUT2D eigenvalue weighted by Gasteiger charge is -2.09. The minimum Gasteiger partial charge on any atom is -0.497 e. The predicted octanol–water partition coefficient (Wildman–Crippen LogP) is 5.88. The topological polar surface area (TPSA) is 65.5 Å². The molecule has 0 saturated heterocycles. The minimum absolute atomic E-state index is 0.448. The van der Waals surface area contributed by atoms with Crippen molar-refractivity contribution in [3.05, 3.63) is 91.1 Å². The molecule has 0 amide bonds. The highest BCUT2D eigenvalue weighted by Gasteiger charge is 2.20. The smallest absolute Gasteiger partial charge is 0.248 e. The number of methoxy groups -OCH3 is 1. The highest BCUT2D eigenvalue weighted by atomic mass is 16.5. The maximum absolute atomic E-state index is 6.11. The van der Waals surface area contributed by atoms with Crippen molar-refractivity contribution in [2.24, 2.45) is 0 Å². The molecule has 32 heavy (non-hydrogen) atoms. The Balaban J connectivity index is 1.56. The van der Waals surface area contributed by atoms with Crippen LogP contribution < -0.4 is 4.74 Å². The van der Waals surface area contributed by atoms with Gasteiger partial charge in [-0.1, -0.05) is 42.5 Å². The first-order chi connectivity index (χ1) is 15.8. The molecule has 3 aromatic carbocycles. The maximum Gasteiger partial charge on any atom is 0.248 e. The first-order valence-corrected chi connectivity index (χ1v) is 10.3. The molecule has 154 valence electrons. The zero-order chi connectivity index (χ0) is 21.5. The molecular formula is C26H18N4O2. The van der Waals surface area contributed by atoms with Gasteiger partial charge in [0.25, 0.3) is 0 Å². The lowest BCUT2D eigenvalue weighted by molar-refractivity contribution is 0.415. The Labute approximate surface area is 183 Å². The SMILES string of the molecule is COc1ccc(-c2nnc(-c3ccn4c(nc5ccccc54)c3-c3ccccc3)o2)cc1. The van der Waals surface area contributed by atoms with Crippen molar-refractivity contribution in [3.8, 4) is 39.8 Å². The summed E-state index contributed by atoms with van der Waals surface area (Å²) >= 11 is 0. The van der Waals surface area contributed by atoms with E-state index in [1.54, 1.807) is 7.11 Å². The van der Waals surface area contributed by atoms with Gasteiger partial charge in [-0.3, -0.25) is 4.40 Å². The summed E-state index contributed by atoms with van der Waals surface area (Å²) in [7, 11) is 1.64. The van der Waals surface area contributed by atoms with Crippen molar-refractivity contribution in [1.29, 1.82) is 0 Å². The first-order valence-electron chi connectivity index (χ1n) is 10.3. The van der Waals surface area contributed by atoms with Crippen LogP contribution in [0.5, 0.6) is 5.75 Å². The number of rotatable bonds is 4. The average molecular weight is 418 g/mol. The van der Waals surface area contributed by atoms with Gasteiger partial charge in [-0.05, 0) is 48.0 Å². The molecular weight excluding hydrogens is 400 g/mol. The van der Waals surface area contributed by atoms with E-state index in [1.165, 1.54) is 0 Å². The lowest BCUT2D eigenvalue weighted by Crippen LogP contribution is -1.93. The Bertz CT molecular complexity index is 1550. The first kappa shape index (κ1) is 18.3. The van der Waals surface area contributed by atoms with Crippen molar-refractivity contribution in [2.45, 2.75) is 0 Å². The van der Waals surface area contributed by atoms with Gasteiger partial charge in [0.1, 0.15) is 11.4 Å². The Morgan fingerprint density at radius 3 is 2.31 bits per heavy atom. The molecule has 6 rings (SSSR count). The normalized spacial score (nSPS) is 11.3. The molecule has 0 aliphatic carbocycles. The second-order valence-electron chi connectivity index (χ2n) is 7.41. The van der Waals surface area contributed by atoms with E-state index in [2.05, 4.69) is 32.8 Å². The third-order valence-corrected chi connectivity index (χ3v) is 5.53. The number of fused-ring (bicyclic) bond motifs is 3. The average Bonchev–Trinajstić information content (AvgIpc) is 3.49. The van der Waals surface area contributed by atoms with E-state index in [-0.39, 0.29) is 0 Å². The number of imidazole rings is 1. The van der Waals surface area contributed by atoms with Crippen LogP contribution in [0.3, 0.4) is 0 Å². The highest BCUT2D eigenvalue weighted by molar-refractivity contribution is 5.94. The third-order valence-electron chi connectivity index (χ3n) is 5.53. The molecule has 0 N–H and O–H groups in total. The Kier molecular flexibility index (Phi) is 4.21. The molecule has 0 aliphatic heterocycles. The standard InChI is InChI=1S/C26H18N4O2/c1-31-19-13-11-18(12-14-19)25-28-29-26(32-25)20-15-16-30-22-10-6-5-9-21(22)27-24(30)23(20)17-7-3-2-4-8-17/h2-16H,1H3. The van der Waals surface area contributed by atoms with Crippen LogP contribution in [0.1, 0.15) is 0 Å². The van der Waals surface area contributed by atoms with Gasteiger partial charge in [-0.25, -0.2) is 4.98 Å². The largest absolute Gasteiger partial charge is 0.497 e. The van der Waals surface area contributed by atoms with Crippen molar-refractivity contribution in [3.63, 3.8) is 0 Å². The fraction of sp³-hybridized carbons (Fsp3) is 0.0385. The summed E-state index contributed by atoms with van der Waals surface area (Å²) in [6, 6.07) is 27.8. The molecule has 3 heterocycles. The van der Waals surface area contributed by atoms with Crippen molar-refractivity contribution < 1.29 is 9.15 Å². The molecule has 3 aromatic heterocycles. The fourth-order valence-corrected chi connectivity index (χ4v) is 3.97. The number of hydrogen-bond acceptors (Lipinski definition) is 5. The monoisotopic (exact) mass is 418 g/mol. The van der Waals surface area contributed by atoms with Gasteiger partial charge >= 0.3 is 0 Å². The molecule has 0 unspecified atom stereocenters. The zero-order valence-electron chi connectivity index (χ0n) is 17.3. The van der Waals surface area contributed by atoms with Gasteiger partial charge in [-0.2, -0.15) is 0 Å². The van der Waals surface area contributed by atoms with Gasteiger partial charge in [0, 0.05) is 17.3 Å². The van der Waals surface area contributed by atoms with Crippen molar-refractivity contribution in [1.82, 2.24) is 19.6 Å². The number of hydrogen-bond donors (Lipinski definition) is 0. The fourth-order valence-electron chi connectivity index (χ4n) is 3.97. The zero-order valence-corrected chi connectivity index (χ0v) is 17.3. The summed E-state index contributed by atoms with van der Waals surface area (Å²) in [5, 5.41) is 8.66. The highest BCUT2D eigenvalue weighted by Crippen LogP contribution is 2.37. The maximum atomic E-state index is 6.11. The van der Waals surface area contributed by atoms with Gasteiger partial charge in [0.15, 0.2) is 0 Å². The summed E-state index contributed by atoms with van der Waals surface area (Å²) in [6.45, 7) is 0. The molecule has 0 spiro atoms. The molecule has 6 aromatic rings. The molecule has 0 atom stereocenters. The summed E-state index contributed by atoms with van der Waals surface area (Å²) in [4.78, 5) is 4.92. The van der Waals surface area contributed by atoms with Crippen LogP contribution in [0.25, 0.3) is 50.7 Å². The quantitative estimate of drug-likeness (QED) is 0.358. The van der Waals surface area contributed by atoms with Crippen LogP contribution in [0.15, 0.2) is 95.5 Å². The Hall–Kier alpha value is -4.45. The molecule has 6 heteroatoms. The van der Waals surface area contributed by atoms with Crippen LogP contribution in [0, 0.1) is 0 Å². The molecule has 0 radical (unpaired) electrons. The van der Waals surface area contributed by atoms with E-state index >= 15 is 0 Å². The van der Waals surface area contributed by atoms with Crippen LogP contribution >= 0.6 is 0 Å². The summed E-state index contributed by atoms with van der Waals surface area (Å²) in [5.41, 5.74) is 6.49. The van der Waals surface area contributed by atoms with Gasteiger partial charge < -0.3 is 9.15 Å². The van der Waals surface area contributed by atoms with E-state index < -0.39 is 0 Å². The van der Waals surface area contributed by atoms with Crippen LogP contribution in [0.2, 0.25) is 0 Å². The summed E-state index contributed by atoms with van der Waals surface area (Å²) in [5.74, 6) is 1.68. The van der Waals surface area contributed by atoms with E-state index in [4.69, 9.17) is 14.1 Å². The van der Waals surface area contributed by atoms with Crippen molar-refractivity contribution in [2.75, 3.05) is 7.11 Å². The number of para-hydroxylation sites is 2. The van der Waals surface area contributed by atoms with E-state index in [0.29, 0.717) is 11.8 Å². The summed E-state index contributed by atoms with van der Waals surface area (Å²) in [6.07, 6.45) is 2.00. The summed E-state index contributed by atoms with van der Waals surface area (Å²) < 4.78 is 13.4. The van der Waals surface area contributed by atoms with E-state index in [0.717, 1.165) is 44.7 Å². The number of nitrogens with zero attached hydrogens (tertiary/aromatic N) is 4. The van der Waals surface area contributed by atoms with Crippen molar-refractivity contribution >= 4 is 16.7 Å². The molecule has 0 saturated carbocycles. The predicted molar refractivity (Wildman–Crippen MR) is 123 cm³/mol. The molecule has 0 bridgehead atoms. The Morgan fingerprint density at radius 1 is 0.750 bits per heavy atom. The van der Waals surface area contributed by atoms with Gasteiger partial charge in [-0.15, -0.1) is 10.2 Å². The molecule has 6 nitrogen and oxygen atoms in total. The van der Waals surface area contributed by atoms with Gasteiger partial charge in [0.2, 0.25) is 11.8 Å². The number of aromatic nitrogens is 4. The third kappa shape index (κ3) is 2.93. The number of benzene rings is 3. The Morgan fingerprint density at radius 2 is 1.50 bits per heavy atom. The number of pyridine rings is 1. The van der Waals surface area contributed by atoms with Crippen LogP contribution in [0.4, 0.5) is 0 Å². The van der Waals surface area contributed by atoms with E-state index in [9.17, 15) is 0 Å². The van der Waals surface area contributed by atoms with Crippen LogP contribution in [-0.4, -0.2) is 26.7 Å². The molecule has 0 fully saturated rings. The van der Waals surface area contributed by atoms with Crippen LogP contribution in [-0.2, 0) is 0 Å². The van der Waals surface area contributed by atoms with E-state index in [1.807, 2.05) is 72.9 Å². The second-order valence-corrected chi connectivity index (χ2v) is 7.41. The number of ether oxygens (including phenoxy) is 1. The lowest BCUT2D eigenvalue weighted by atomic mass is 10.0. The minimum atomic E-state index is 0.448. The van der Waals surface area contributed by atoms with Gasteiger partial charge in [0.05, 0.1) is 23.7 Å². The second kappa shape index (κ2) is 7.35. The molecule has 0 aliphatic rings.